The van der Waals surface area contributed by atoms with Gasteiger partial charge in [0.05, 0.1) is 0 Å². The summed E-state index contributed by atoms with van der Waals surface area (Å²) in [6, 6.07) is 7.52. The zero-order valence-electron chi connectivity index (χ0n) is 13.0. The normalized spacial score (nSPS) is 12.2. The number of likely N-dealkylation sites (N-methyl/N-ethyl adjacent to an activating group) is 1. The van der Waals surface area contributed by atoms with Gasteiger partial charge >= 0.3 is 0 Å². The van der Waals surface area contributed by atoms with Crippen LogP contribution in [0.1, 0.15) is 26.7 Å². The Bertz CT molecular complexity index is 401. The van der Waals surface area contributed by atoms with Gasteiger partial charge < -0.3 is 15.0 Å². The van der Waals surface area contributed by atoms with Gasteiger partial charge in [-0.15, -0.1) is 0 Å². The van der Waals surface area contributed by atoms with Crippen LogP contribution in [0.25, 0.3) is 0 Å². The number of hydrogen-bond acceptors (Lipinski definition) is 3. The summed E-state index contributed by atoms with van der Waals surface area (Å²) in [6.45, 7) is 5.58. The van der Waals surface area contributed by atoms with Crippen LogP contribution in [0.15, 0.2) is 24.3 Å². The summed E-state index contributed by atoms with van der Waals surface area (Å²) < 4.78 is 5.61. The third-order valence-corrected chi connectivity index (χ3v) is 3.10. The van der Waals surface area contributed by atoms with E-state index in [9.17, 15) is 4.79 Å². The molecule has 1 aromatic carbocycles. The highest BCUT2D eigenvalue weighted by Gasteiger charge is 2.11. The maximum atomic E-state index is 11.9. The molecule has 1 atom stereocenters. The van der Waals surface area contributed by atoms with Gasteiger partial charge in [0.25, 0.3) is 0 Å². The van der Waals surface area contributed by atoms with Crippen LogP contribution in [-0.2, 0) is 4.79 Å². The zero-order valence-corrected chi connectivity index (χ0v) is 13.0. The smallest absolute Gasteiger partial charge is 0.227 e. The number of ether oxygens (including phenoxy) is 1. The van der Waals surface area contributed by atoms with E-state index in [2.05, 4.69) is 17.1 Å². The summed E-state index contributed by atoms with van der Waals surface area (Å²) in [5, 5.41) is 2.93. The van der Waals surface area contributed by atoms with Crippen LogP contribution >= 0.6 is 0 Å². The highest BCUT2D eigenvalue weighted by atomic mass is 16.5. The molecule has 1 rings (SSSR count). The topological polar surface area (TPSA) is 41.6 Å². The summed E-state index contributed by atoms with van der Waals surface area (Å²) in [7, 11) is 4.03. The van der Waals surface area contributed by atoms with Crippen LogP contribution in [-0.4, -0.2) is 38.1 Å². The summed E-state index contributed by atoms with van der Waals surface area (Å²) in [4.78, 5) is 14.0. The number of carbonyl (C=O) groups excluding carboxylic acids is 1. The predicted octanol–water partition coefficient (Wildman–Crippen LogP) is 3.00. The number of rotatable bonds is 8. The minimum Gasteiger partial charge on any atom is -0.492 e. The minimum absolute atomic E-state index is 0.0519. The van der Waals surface area contributed by atoms with Gasteiger partial charge in [-0.1, -0.05) is 20.3 Å². The van der Waals surface area contributed by atoms with Crippen LogP contribution in [0, 0.1) is 5.92 Å². The highest BCUT2D eigenvalue weighted by molar-refractivity contribution is 5.92. The average Bonchev–Trinajstić information content (AvgIpc) is 2.40. The van der Waals surface area contributed by atoms with E-state index >= 15 is 0 Å². The number of nitrogens with zero attached hydrogens (tertiary/aromatic N) is 1. The molecular formula is C16H26N2O2. The molecule has 0 saturated heterocycles. The minimum atomic E-state index is 0.0519. The molecule has 0 aliphatic heterocycles. The number of anilines is 1. The second-order valence-electron chi connectivity index (χ2n) is 5.36. The molecule has 0 radical (unpaired) electrons. The lowest BCUT2D eigenvalue weighted by atomic mass is 10.1. The Kier molecular flexibility index (Phi) is 7.09. The number of hydrogen-bond donors (Lipinski definition) is 1. The van der Waals surface area contributed by atoms with E-state index in [1.165, 1.54) is 0 Å². The van der Waals surface area contributed by atoms with Gasteiger partial charge in [-0.3, -0.25) is 4.79 Å². The largest absolute Gasteiger partial charge is 0.492 e. The Balaban J connectivity index is 2.44. The number of nitrogens with one attached hydrogen (secondary N) is 1. The zero-order chi connectivity index (χ0) is 15.0. The van der Waals surface area contributed by atoms with Crippen molar-refractivity contribution in [2.24, 2.45) is 5.92 Å². The molecular weight excluding hydrogens is 252 g/mol. The fraction of sp³-hybridized carbons (Fsp3) is 0.562. The maximum Gasteiger partial charge on any atom is 0.227 e. The molecule has 0 fully saturated rings. The first-order valence-corrected chi connectivity index (χ1v) is 7.21. The fourth-order valence-electron chi connectivity index (χ4n) is 1.81. The van der Waals surface area contributed by atoms with Crippen molar-refractivity contribution in [2.75, 3.05) is 32.6 Å². The number of carbonyl (C=O) groups is 1. The van der Waals surface area contributed by atoms with Crippen molar-refractivity contribution in [3.8, 4) is 5.75 Å². The average molecular weight is 278 g/mol. The standard InChI is InChI=1S/C16H26N2O2/c1-5-6-13(2)16(19)17-14-7-9-15(10-8-14)20-12-11-18(3)4/h7-10,13H,5-6,11-12H2,1-4H3,(H,17,19). The van der Waals surface area contributed by atoms with Crippen LogP contribution in [0.5, 0.6) is 5.75 Å². The molecule has 0 heterocycles. The van der Waals surface area contributed by atoms with Crippen LogP contribution < -0.4 is 10.1 Å². The lowest BCUT2D eigenvalue weighted by molar-refractivity contribution is -0.119. The van der Waals surface area contributed by atoms with Gasteiger partial charge in [0.2, 0.25) is 5.91 Å². The van der Waals surface area contributed by atoms with Gasteiger partial charge in [-0.2, -0.15) is 0 Å². The molecule has 4 heteroatoms. The van der Waals surface area contributed by atoms with E-state index in [4.69, 9.17) is 4.74 Å². The van der Waals surface area contributed by atoms with Crippen LogP contribution in [0.4, 0.5) is 5.69 Å². The second-order valence-corrected chi connectivity index (χ2v) is 5.36. The Morgan fingerprint density at radius 3 is 2.50 bits per heavy atom. The molecule has 0 aliphatic carbocycles. The van der Waals surface area contributed by atoms with E-state index < -0.39 is 0 Å². The molecule has 1 N–H and O–H groups in total. The van der Waals surface area contributed by atoms with E-state index in [-0.39, 0.29) is 11.8 Å². The van der Waals surface area contributed by atoms with Crippen molar-refractivity contribution in [3.05, 3.63) is 24.3 Å². The first-order valence-electron chi connectivity index (χ1n) is 7.21. The summed E-state index contributed by atoms with van der Waals surface area (Å²) in [6.07, 6.45) is 1.94. The van der Waals surface area contributed by atoms with Gasteiger partial charge in [0, 0.05) is 18.2 Å². The molecule has 20 heavy (non-hydrogen) atoms. The molecule has 4 nitrogen and oxygen atoms in total. The lowest BCUT2D eigenvalue weighted by Crippen LogP contribution is -2.20. The van der Waals surface area contributed by atoms with Gasteiger partial charge in [-0.25, -0.2) is 0 Å². The van der Waals surface area contributed by atoms with E-state index in [1.807, 2.05) is 45.3 Å². The number of amides is 1. The van der Waals surface area contributed by atoms with E-state index in [1.54, 1.807) is 0 Å². The highest BCUT2D eigenvalue weighted by Crippen LogP contribution is 2.17. The molecule has 0 spiro atoms. The Morgan fingerprint density at radius 2 is 1.95 bits per heavy atom. The van der Waals surface area contributed by atoms with Crippen molar-refractivity contribution in [3.63, 3.8) is 0 Å². The molecule has 0 saturated carbocycles. The van der Waals surface area contributed by atoms with Gasteiger partial charge in [0.15, 0.2) is 0 Å². The first-order chi connectivity index (χ1) is 9.52. The fourth-order valence-corrected chi connectivity index (χ4v) is 1.81. The molecule has 0 aliphatic rings. The molecule has 1 unspecified atom stereocenters. The first kappa shape index (κ1) is 16.5. The second kappa shape index (κ2) is 8.59. The maximum absolute atomic E-state index is 11.9. The Labute approximate surface area is 122 Å². The van der Waals surface area contributed by atoms with Crippen LogP contribution in [0.2, 0.25) is 0 Å². The van der Waals surface area contributed by atoms with Crippen molar-refractivity contribution in [1.82, 2.24) is 4.90 Å². The predicted molar refractivity (Wildman–Crippen MR) is 83.2 cm³/mol. The SMILES string of the molecule is CCCC(C)C(=O)Nc1ccc(OCCN(C)C)cc1. The van der Waals surface area contributed by atoms with E-state index in [0.717, 1.165) is 30.8 Å². The van der Waals surface area contributed by atoms with Crippen molar-refractivity contribution >= 4 is 11.6 Å². The van der Waals surface area contributed by atoms with Gasteiger partial charge in [-0.05, 0) is 44.8 Å². The summed E-state index contributed by atoms with van der Waals surface area (Å²) >= 11 is 0. The van der Waals surface area contributed by atoms with Gasteiger partial charge in [0.1, 0.15) is 12.4 Å². The van der Waals surface area contributed by atoms with Crippen molar-refractivity contribution < 1.29 is 9.53 Å². The third kappa shape index (κ3) is 6.06. The van der Waals surface area contributed by atoms with Crippen molar-refractivity contribution in [2.45, 2.75) is 26.7 Å². The molecule has 0 aromatic heterocycles. The summed E-state index contributed by atoms with van der Waals surface area (Å²) in [5.74, 6) is 0.954. The molecule has 0 bridgehead atoms. The monoisotopic (exact) mass is 278 g/mol. The molecule has 1 aromatic rings. The Hall–Kier alpha value is -1.55. The molecule has 1 amide bonds. The molecule has 112 valence electrons. The lowest BCUT2D eigenvalue weighted by Gasteiger charge is -2.13. The van der Waals surface area contributed by atoms with E-state index in [0.29, 0.717) is 6.61 Å². The Morgan fingerprint density at radius 1 is 1.30 bits per heavy atom. The quantitative estimate of drug-likeness (QED) is 0.795. The summed E-state index contributed by atoms with van der Waals surface area (Å²) in [5.41, 5.74) is 0.818. The third-order valence-electron chi connectivity index (χ3n) is 3.10. The van der Waals surface area contributed by atoms with Crippen LogP contribution in [0.3, 0.4) is 0 Å². The van der Waals surface area contributed by atoms with Crippen molar-refractivity contribution in [1.29, 1.82) is 0 Å². The number of benzene rings is 1.